The van der Waals surface area contributed by atoms with Gasteiger partial charge in [-0.1, -0.05) is 158 Å². The summed E-state index contributed by atoms with van der Waals surface area (Å²) in [6, 6.07) is 73.6. The minimum absolute atomic E-state index is 0.203. The maximum atomic E-state index is 12.7. The highest BCUT2D eigenvalue weighted by Crippen LogP contribution is 2.44. The van der Waals surface area contributed by atoms with Crippen molar-refractivity contribution in [2.75, 3.05) is 19.8 Å². The zero-order valence-electron chi connectivity index (χ0n) is 54.3. The van der Waals surface area contributed by atoms with Gasteiger partial charge in [-0.3, -0.25) is 14.4 Å². The number of primary amides is 3. The Morgan fingerprint density at radius 1 is 0.392 bits per heavy atom. The second kappa shape index (κ2) is 29.4. The molecule has 0 bridgehead atoms. The Hall–Kier alpha value is -13.4. The number of carboxylic acids is 3. The van der Waals surface area contributed by atoms with Crippen molar-refractivity contribution in [3.63, 3.8) is 0 Å². The van der Waals surface area contributed by atoms with E-state index in [1.165, 1.54) is 18.2 Å². The van der Waals surface area contributed by atoms with Crippen LogP contribution in [0.4, 0.5) is 13.2 Å². The van der Waals surface area contributed by atoms with E-state index < -0.39 is 67.9 Å². The summed E-state index contributed by atoms with van der Waals surface area (Å²) in [5.41, 5.74) is 29.6. The van der Waals surface area contributed by atoms with Gasteiger partial charge in [0, 0.05) is 45.9 Å². The molecule has 11 aromatic carbocycles. The van der Waals surface area contributed by atoms with Crippen LogP contribution < -0.4 is 36.1 Å². The number of alkyl halides is 3. The molecule has 512 valence electrons. The molecule has 0 aliphatic heterocycles. The molecule has 3 aromatic heterocycles. The van der Waals surface area contributed by atoms with Gasteiger partial charge in [0.05, 0.1) is 55.3 Å². The average molecular weight is 1370 g/mol. The number of hydrogen-bond donors (Lipinski definition) is 6. The quantitative estimate of drug-likeness (QED) is 0.0391. The molecule has 102 heavy (non-hydrogen) atoms. The fourth-order valence-electron chi connectivity index (χ4n) is 13.1. The van der Waals surface area contributed by atoms with Gasteiger partial charge in [0.1, 0.15) is 23.0 Å². The lowest BCUT2D eigenvalue weighted by Crippen LogP contribution is -2.17. The predicted molar refractivity (Wildman–Crippen MR) is 382 cm³/mol. The molecular weight excluding hydrogens is 1310 g/mol. The van der Waals surface area contributed by atoms with E-state index in [1.807, 2.05) is 102 Å². The van der Waals surface area contributed by atoms with Gasteiger partial charge in [0.25, 0.3) is 0 Å². The lowest BCUT2D eigenvalue weighted by Gasteiger charge is -2.19. The number of halogens is 3. The second-order valence-electron chi connectivity index (χ2n) is 23.6. The Morgan fingerprint density at radius 2 is 0.716 bits per heavy atom. The molecule has 3 amide bonds. The maximum absolute atomic E-state index is 12.7. The van der Waals surface area contributed by atoms with Gasteiger partial charge in [-0.25, -0.2) is 14.4 Å². The van der Waals surface area contributed by atoms with E-state index in [2.05, 4.69) is 62.4 Å². The molecule has 0 aliphatic rings. The molecular formula is C80H63F3N6O13. The van der Waals surface area contributed by atoms with Gasteiger partial charge in [0.2, 0.25) is 17.7 Å². The van der Waals surface area contributed by atoms with Gasteiger partial charge >= 0.3 is 24.3 Å². The first kappa shape index (κ1) is 68.6. The second-order valence-corrected chi connectivity index (χ2v) is 23.6. The molecule has 9 N–H and O–H groups in total. The van der Waals surface area contributed by atoms with E-state index >= 15 is 0 Å². The summed E-state index contributed by atoms with van der Waals surface area (Å²) in [5.74, 6) is -4.45. The number of carboxylic acid groups (broad SMARTS) is 3. The SMILES string of the molecule is CC(c1cccc(OC(F)(F)F)c1)n1c2cccc(OCC(=O)O)c2c2c(C(N)=O)cccc21.NC(=O)c1cccc2c1c1c(OCC(=O)O)cccc1n2Cc1ccccc1-c1ccccc1.NC(=O)c1cccc2c1c1c(OCC(=O)O)cccc1n2Cc1ccccc1-c1ccccc1. The van der Waals surface area contributed by atoms with Crippen LogP contribution in [0.2, 0.25) is 0 Å². The first-order valence-electron chi connectivity index (χ1n) is 31.8. The summed E-state index contributed by atoms with van der Waals surface area (Å²) < 4.78 is 65.0. The van der Waals surface area contributed by atoms with Crippen LogP contribution in [0, 0.1) is 0 Å². The van der Waals surface area contributed by atoms with Gasteiger partial charge in [0.15, 0.2) is 19.8 Å². The highest BCUT2D eigenvalue weighted by molar-refractivity contribution is 6.22. The first-order chi connectivity index (χ1) is 49.1. The highest BCUT2D eigenvalue weighted by atomic mass is 19.4. The molecule has 22 heteroatoms. The summed E-state index contributed by atoms with van der Waals surface area (Å²) in [6.07, 6.45) is -4.83. The molecule has 0 radical (unpaired) electrons. The number of aliphatic carboxylic acids is 3. The number of benzene rings is 11. The smallest absolute Gasteiger partial charge is 0.481 e. The van der Waals surface area contributed by atoms with Crippen LogP contribution in [0.25, 0.3) is 87.7 Å². The number of rotatable bonds is 21. The van der Waals surface area contributed by atoms with Crippen molar-refractivity contribution in [1.82, 2.24) is 13.7 Å². The minimum atomic E-state index is -4.83. The number of carbonyl (C=O) groups is 6. The van der Waals surface area contributed by atoms with Gasteiger partial charge in [-0.15, -0.1) is 13.2 Å². The monoisotopic (exact) mass is 1370 g/mol. The first-order valence-corrected chi connectivity index (χ1v) is 31.8. The fraction of sp³-hybridized carbons (Fsp3) is 0.100. The number of aromatic nitrogens is 3. The van der Waals surface area contributed by atoms with Crippen LogP contribution in [0.1, 0.15) is 60.7 Å². The van der Waals surface area contributed by atoms with Crippen LogP contribution in [0.5, 0.6) is 23.0 Å². The van der Waals surface area contributed by atoms with Crippen molar-refractivity contribution >= 4 is 101 Å². The summed E-state index contributed by atoms with van der Waals surface area (Å²) in [5, 5.41) is 30.9. The van der Waals surface area contributed by atoms with E-state index in [0.29, 0.717) is 84.6 Å². The van der Waals surface area contributed by atoms with Crippen molar-refractivity contribution in [2.45, 2.75) is 32.4 Å². The number of fused-ring (bicyclic) bond motifs is 9. The van der Waals surface area contributed by atoms with E-state index in [0.717, 1.165) is 55.4 Å². The van der Waals surface area contributed by atoms with Gasteiger partial charge in [-0.05, 0) is 131 Å². The number of amides is 3. The van der Waals surface area contributed by atoms with E-state index in [-0.39, 0.29) is 17.1 Å². The minimum Gasteiger partial charge on any atom is -0.481 e. The third-order valence-electron chi connectivity index (χ3n) is 17.2. The van der Waals surface area contributed by atoms with Crippen LogP contribution in [0.15, 0.2) is 243 Å². The van der Waals surface area contributed by atoms with Crippen molar-refractivity contribution in [3.8, 4) is 45.3 Å². The van der Waals surface area contributed by atoms with E-state index in [1.54, 1.807) is 85.8 Å². The summed E-state index contributed by atoms with van der Waals surface area (Å²) >= 11 is 0. The average Bonchev–Trinajstić information content (AvgIpc) is 1.58. The lowest BCUT2D eigenvalue weighted by atomic mass is 9.99. The summed E-state index contributed by atoms with van der Waals surface area (Å²) in [4.78, 5) is 70.3. The molecule has 0 aliphatic carbocycles. The predicted octanol–water partition coefficient (Wildman–Crippen LogP) is 15.0. The Morgan fingerprint density at radius 3 is 1.10 bits per heavy atom. The Kier molecular flexibility index (Phi) is 19.7. The number of nitrogens with zero attached hydrogens (tertiary/aromatic N) is 3. The molecule has 1 atom stereocenters. The van der Waals surface area contributed by atoms with Crippen molar-refractivity contribution in [1.29, 1.82) is 0 Å². The third kappa shape index (κ3) is 14.3. The summed E-state index contributed by atoms with van der Waals surface area (Å²) in [7, 11) is 0. The molecule has 1 unspecified atom stereocenters. The number of hydrogen-bond acceptors (Lipinski definition) is 10. The maximum Gasteiger partial charge on any atom is 0.573 e. The van der Waals surface area contributed by atoms with Crippen molar-refractivity contribution in [3.05, 3.63) is 276 Å². The van der Waals surface area contributed by atoms with Crippen LogP contribution >= 0.6 is 0 Å². The van der Waals surface area contributed by atoms with Crippen LogP contribution in [-0.4, -0.2) is 90.8 Å². The number of carbonyl (C=O) groups excluding carboxylic acids is 3. The summed E-state index contributed by atoms with van der Waals surface area (Å²) in [6.45, 7) is 1.29. The molecule has 14 aromatic rings. The van der Waals surface area contributed by atoms with Crippen LogP contribution in [0.3, 0.4) is 0 Å². The fourth-order valence-corrected chi connectivity index (χ4v) is 13.1. The largest absolute Gasteiger partial charge is 0.573 e. The number of ether oxygens (including phenoxy) is 4. The third-order valence-corrected chi connectivity index (χ3v) is 17.2. The van der Waals surface area contributed by atoms with Gasteiger partial charge in [-0.2, -0.15) is 0 Å². The molecule has 0 saturated heterocycles. The normalized spacial score (nSPS) is 11.6. The zero-order valence-corrected chi connectivity index (χ0v) is 54.3. The molecule has 19 nitrogen and oxygen atoms in total. The standard InChI is InChI=1S/2C28H22N2O4.C24H19F3N2O5/c2*29-28(33)21-12-6-13-22-26(21)27-23(14-7-15-24(27)34-17-25(31)32)30(22)16-19-10-4-5-11-20(19)18-8-2-1-3-9-18;1-13(14-5-2-6-15(11-14)34-24(25,26)27)29-17-8-3-7-16(23(28)32)21(17)22-18(29)9-4-10-19(22)33-12-20(30)31/h2*1-15H,16-17H2,(H2,29,33)(H,31,32);2-11,13H,12H2,1H3,(H2,28,32)(H,30,31). The van der Waals surface area contributed by atoms with E-state index in [4.69, 9.17) is 46.7 Å². The lowest BCUT2D eigenvalue weighted by molar-refractivity contribution is -0.274. The highest BCUT2D eigenvalue weighted by Gasteiger charge is 2.32. The molecule has 14 rings (SSSR count). The molecule has 0 spiro atoms. The Labute approximate surface area is 579 Å². The van der Waals surface area contributed by atoms with Crippen molar-refractivity contribution < 1.29 is 76.2 Å². The number of nitrogens with two attached hydrogens (primary N) is 3. The van der Waals surface area contributed by atoms with E-state index in [9.17, 15) is 41.9 Å². The Bertz CT molecular complexity index is 5340. The van der Waals surface area contributed by atoms with Gasteiger partial charge < -0.3 is 65.2 Å². The topological polar surface area (TPSA) is 293 Å². The Balaban J connectivity index is 0.000000144. The van der Waals surface area contributed by atoms with Crippen molar-refractivity contribution in [2.24, 2.45) is 17.2 Å². The molecule has 0 fully saturated rings. The zero-order chi connectivity index (χ0) is 71.9. The molecule has 3 heterocycles. The van der Waals surface area contributed by atoms with Crippen LogP contribution in [-0.2, 0) is 27.5 Å². The molecule has 0 saturated carbocycles.